The highest BCUT2D eigenvalue weighted by Gasteiger charge is 2.29. The molecule has 0 unspecified atom stereocenters. The molecular formula is C14H29N3O. The third-order valence-corrected chi connectivity index (χ3v) is 3.65. The molecule has 1 rings (SSSR count). The van der Waals surface area contributed by atoms with Crippen molar-refractivity contribution in [1.29, 1.82) is 0 Å². The van der Waals surface area contributed by atoms with Crippen LogP contribution in [0, 0.1) is 0 Å². The lowest BCUT2D eigenvalue weighted by molar-refractivity contribution is -0.127. The normalized spacial score (nSPS) is 18.9. The Balaban J connectivity index is 2.34. The van der Waals surface area contributed by atoms with Crippen molar-refractivity contribution in [2.45, 2.75) is 58.5 Å². The summed E-state index contributed by atoms with van der Waals surface area (Å²) in [4.78, 5) is 14.6. The number of piperidine rings is 1. The smallest absolute Gasteiger partial charge is 0.239 e. The van der Waals surface area contributed by atoms with Gasteiger partial charge < -0.3 is 15.5 Å². The minimum atomic E-state index is -0.463. The molecule has 18 heavy (non-hydrogen) atoms. The number of likely N-dealkylation sites (N-methyl/N-ethyl adjacent to an activating group) is 1. The fourth-order valence-corrected chi connectivity index (χ4v) is 2.51. The van der Waals surface area contributed by atoms with Gasteiger partial charge in [-0.05, 0) is 46.2 Å². The maximum atomic E-state index is 12.1. The van der Waals surface area contributed by atoms with Crippen molar-refractivity contribution >= 4 is 5.91 Å². The maximum Gasteiger partial charge on any atom is 0.239 e. The van der Waals surface area contributed by atoms with Crippen LogP contribution in [0.2, 0.25) is 0 Å². The van der Waals surface area contributed by atoms with Gasteiger partial charge in [0.15, 0.2) is 0 Å². The van der Waals surface area contributed by atoms with Gasteiger partial charge in [-0.2, -0.15) is 0 Å². The molecule has 0 spiro atoms. The summed E-state index contributed by atoms with van der Waals surface area (Å²) in [6.45, 7) is 12.3. The zero-order chi connectivity index (χ0) is 13.6. The van der Waals surface area contributed by atoms with Crippen LogP contribution in [0.5, 0.6) is 0 Å². The summed E-state index contributed by atoms with van der Waals surface area (Å²) in [5, 5.41) is 6.40. The van der Waals surface area contributed by atoms with E-state index in [1.807, 2.05) is 20.8 Å². The van der Waals surface area contributed by atoms with E-state index >= 15 is 0 Å². The van der Waals surface area contributed by atoms with Gasteiger partial charge in [-0.1, -0.05) is 13.8 Å². The van der Waals surface area contributed by atoms with Gasteiger partial charge in [0, 0.05) is 19.1 Å². The van der Waals surface area contributed by atoms with E-state index in [0.717, 1.165) is 32.5 Å². The first-order chi connectivity index (χ1) is 8.49. The molecule has 1 heterocycles. The molecule has 1 aliphatic heterocycles. The molecule has 0 bridgehead atoms. The van der Waals surface area contributed by atoms with Crippen molar-refractivity contribution in [3.8, 4) is 0 Å². The van der Waals surface area contributed by atoms with Gasteiger partial charge in [0.25, 0.3) is 0 Å². The van der Waals surface area contributed by atoms with E-state index in [4.69, 9.17) is 0 Å². The quantitative estimate of drug-likeness (QED) is 0.753. The molecule has 1 amide bonds. The van der Waals surface area contributed by atoms with Crippen LogP contribution in [-0.2, 0) is 4.79 Å². The van der Waals surface area contributed by atoms with Crippen LogP contribution in [0.4, 0.5) is 0 Å². The molecule has 1 aliphatic rings. The zero-order valence-corrected chi connectivity index (χ0v) is 12.4. The second kappa shape index (κ2) is 7.10. The molecule has 0 aliphatic carbocycles. The molecule has 0 aromatic rings. The van der Waals surface area contributed by atoms with Gasteiger partial charge in [0.1, 0.15) is 0 Å². The maximum absolute atomic E-state index is 12.1. The van der Waals surface area contributed by atoms with Crippen molar-refractivity contribution in [3.05, 3.63) is 0 Å². The van der Waals surface area contributed by atoms with Crippen molar-refractivity contribution in [2.24, 2.45) is 0 Å². The minimum Gasteiger partial charge on any atom is -0.352 e. The van der Waals surface area contributed by atoms with E-state index in [1.165, 1.54) is 13.0 Å². The molecule has 0 aromatic carbocycles. The molecule has 2 N–H and O–H groups in total. The molecule has 106 valence electrons. The largest absolute Gasteiger partial charge is 0.352 e. The first-order valence-corrected chi connectivity index (χ1v) is 7.28. The molecule has 0 radical (unpaired) electrons. The lowest BCUT2D eigenvalue weighted by Gasteiger charge is -2.34. The van der Waals surface area contributed by atoms with Gasteiger partial charge in [0.2, 0.25) is 5.91 Å². The van der Waals surface area contributed by atoms with Crippen LogP contribution in [-0.4, -0.2) is 48.6 Å². The highest BCUT2D eigenvalue weighted by Crippen LogP contribution is 2.12. The Kier molecular flexibility index (Phi) is 6.09. The van der Waals surface area contributed by atoms with E-state index in [9.17, 15) is 4.79 Å². The number of hydrogen-bond donors (Lipinski definition) is 2. The number of rotatable bonds is 6. The molecule has 0 saturated carbocycles. The van der Waals surface area contributed by atoms with Gasteiger partial charge in [-0.25, -0.2) is 0 Å². The van der Waals surface area contributed by atoms with E-state index in [2.05, 4.69) is 22.5 Å². The fraction of sp³-hybridized carbons (Fsp3) is 0.929. The van der Waals surface area contributed by atoms with Crippen LogP contribution in [0.15, 0.2) is 0 Å². The zero-order valence-electron chi connectivity index (χ0n) is 12.4. The highest BCUT2D eigenvalue weighted by molar-refractivity contribution is 5.85. The van der Waals surface area contributed by atoms with Gasteiger partial charge in [0.05, 0.1) is 5.54 Å². The Hall–Kier alpha value is -0.610. The Morgan fingerprint density at radius 1 is 1.28 bits per heavy atom. The van der Waals surface area contributed by atoms with E-state index < -0.39 is 5.54 Å². The summed E-state index contributed by atoms with van der Waals surface area (Å²) in [5.74, 6) is 0.123. The highest BCUT2D eigenvalue weighted by atomic mass is 16.2. The third-order valence-electron chi connectivity index (χ3n) is 3.65. The van der Waals surface area contributed by atoms with Crippen LogP contribution >= 0.6 is 0 Å². The first-order valence-electron chi connectivity index (χ1n) is 7.28. The minimum absolute atomic E-state index is 0.123. The SMILES string of the molecule is CCCN1CCC(NC(=O)C(C)(C)NCC)CC1. The van der Waals surface area contributed by atoms with Crippen molar-refractivity contribution in [1.82, 2.24) is 15.5 Å². The van der Waals surface area contributed by atoms with Gasteiger partial charge in [-0.15, -0.1) is 0 Å². The standard InChI is InChI=1S/C14H29N3O/c1-5-9-17-10-7-12(8-11-17)16-13(18)14(3,4)15-6-2/h12,15H,5-11H2,1-4H3,(H,16,18). The number of nitrogens with one attached hydrogen (secondary N) is 2. The predicted octanol–water partition coefficient (Wildman–Crippen LogP) is 1.37. The molecule has 0 aromatic heterocycles. The fourth-order valence-electron chi connectivity index (χ4n) is 2.51. The molecule has 4 nitrogen and oxygen atoms in total. The van der Waals surface area contributed by atoms with Gasteiger partial charge in [-0.3, -0.25) is 4.79 Å². The third kappa shape index (κ3) is 4.58. The van der Waals surface area contributed by atoms with Crippen LogP contribution in [0.25, 0.3) is 0 Å². The monoisotopic (exact) mass is 255 g/mol. The average molecular weight is 255 g/mol. The molecule has 1 fully saturated rings. The predicted molar refractivity (Wildman–Crippen MR) is 75.7 cm³/mol. The summed E-state index contributed by atoms with van der Waals surface area (Å²) in [5.41, 5.74) is -0.463. The number of hydrogen-bond acceptors (Lipinski definition) is 3. The summed E-state index contributed by atoms with van der Waals surface area (Å²) < 4.78 is 0. The number of amides is 1. The Bertz CT molecular complexity index is 258. The second-order valence-corrected chi connectivity index (χ2v) is 5.74. The molecule has 4 heteroatoms. The van der Waals surface area contributed by atoms with E-state index in [1.54, 1.807) is 0 Å². The number of carbonyl (C=O) groups is 1. The number of nitrogens with zero attached hydrogens (tertiary/aromatic N) is 1. The lowest BCUT2D eigenvalue weighted by atomic mass is 10.0. The summed E-state index contributed by atoms with van der Waals surface area (Å²) in [6, 6.07) is 0.350. The van der Waals surface area contributed by atoms with Gasteiger partial charge >= 0.3 is 0 Å². The number of carbonyl (C=O) groups excluding carboxylic acids is 1. The average Bonchev–Trinajstić information content (AvgIpc) is 2.32. The van der Waals surface area contributed by atoms with Crippen LogP contribution in [0.3, 0.4) is 0 Å². The summed E-state index contributed by atoms with van der Waals surface area (Å²) in [6.07, 6.45) is 3.37. The topological polar surface area (TPSA) is 44.4 Å². The molecular weight excluding hydrogens is 226 g/mol. The Morgan fingerprint density at radius 3 is 2.39 bits per heavy atom. The van der Waals surface area contributed by atoms with Crippen LogP contribution < -0.4 is 10.6 Å². The lowest BCUT2D eigenvalue weighted by Crippen LogP contribution is -2.56. The summed E-state index contributed by atoms with van der Waals surface area (Å²) >= 11 is 0. The first kappa shape index (κ1) is 15.4. The van der Waals surface area contributed by atoms with Crippen molar-refractivity contribution in [2.75, 3.05) is 26.2 Å². The van der Waals surface area contributed by atoms with E-state index in [-0.39, 0.29) is 5.91 Å². The Morgan fingerprint density at radius 2 is 1.89 bits per heavy atom. The van der Waals surface area contributed by atoms with Crippen molar-refractivity contribution < 1.29 is 4.79 Å². The molecule has 1 saturated heterocycles. The second-order valence-electron chi connectivity index (χ2n) is 5.74. The molecule has 0 atom stereocenters. The van der Waals surface area contributed by atoms with Crippen molar-refractivity contribution in [3.63, 3.8) is 0 Å². The summed E-state index contributed by atoms with van der Waals surface area (Å²) in [7, 11) is 0. The van der Waals surface area contributed by atoms with Crippen LogP contribution in [0.1, 0.15) is 47.0 Å². The van der Waals surface area contributed by atoms with E-state index in [0.29, 0.717) is 6.04 Å². The Labute approximate surface area is 111 Å². The number of likely N-dealkylation sites (tertiary alicyclic amines) is 1.